The topological polar surface area (TPSA) is 95.7 Å². The van der Waals surface area contributed by atoms with Crippen molar-refractivity contribution in [1.29, 1.82) is 5.26 Å². The van der Waals surface area contributed by atoms with Crippen LogP contribution in [0.3, 0.4) is 0 Å². The van der Waals surface area contributed by atoms with Crippen LogP contribution < -0.4 is 0 Å². The molecule has 0 radical (unpaired) electrons. The van der Waals surface area contributed by atoms with E-state index < -0.39 is 4.92 Å². The van der Waals surface area contributed by atoms with Gasteiger partial charge in [-0.3, -0.25) is 15.0 Å². The van der Waals surface area contributed by atoms with E-state index in [9.17, 15) is 15.4 Å². The van der Waals surface area contributed by atoms with Crippen molar-refractivity contribution < 1.29 is 9.34 Å². The SMILES string of the molecule is N#Cc1c(N=Cc2ccc(-c3ccc(Cl)c([N+](=O)[O-])c3)o2)sc2c1CCN(Cc1ccccc1)C2. The zero-order valence-electron chi connectivity index (χ0n) is 18.5. The van der Waals surface area contributed by atoms with Crippen LogP contribution in [-0.2, 0) is 19.5 Å². The smallest absolute Gasteiger partial charge is 0.288 e. The van der Waals surface area contributed by atoms with Gasteiger partial charge in [0.1, 0.15) is 27.6 Å². The van der Waals surface area contributed by atoms with E-state index in [0.717, 1.165) is 31.6 Å². The zero-order valence-corrected chi connectivity index (χ0v) is 20.1. The summed E-state index contributed by atoms with van der Waals surface area (Å²) in [4.78, 5) is 18.7. The van der Waals surface area contributed by atoms with E-state index in [4.69, 9.17) is 16.0 Å². The predicted octanol–water partition coefficient (Wildman–Crippen LogP) is 6.75. The van der Waals surface area contributed by atoms with Gasteiger partial charge in [0.25, 0.3) is 5.69 Å². The number of hydrogen-bond acceptors (Lipinski definition) is 7. The Morgan fingerprint density at radius 3 is 2.83 bits per heavy atom. The zero-order chi connectivity index (χ0) is 24.4. The lowest BCUT2D eigenvalue weighted by Crippen LogP contribution is -2.29. The number of fused-ring (bicyclic) bond motifs is 1. The lowest BCUT2D eigenvalue weighted by molar-refractivity contribution is -0.384. The molecule has 0 aliphatic carbocycles. The Kier molecular flexibility index (Phi) is 6.47. The lowest BCUT2D eigenvalue weighted by Gasteiger charge is -2.26. The van der Waals surface area contributed by atoms with Crippen LogP contribution in [0.5, 0.6) is 0 Å². The summed E-state index contributed by atoms with van der Waals surface area (Å²) in [5, 5.41) is 21.7. The summed E-state index contributed by atoms with van der Waals surface area (Å²) in [6, 6.07) is 20.7. The van der Waals surface area contributed by atoms with Crippen molar-refractivity contribution in [3.8, 4) is 17.4 Å². The highest BCUT2D eigenvalue weighted by Crippen LogP contribution is 2.39. The number of nitro benzene ring substituents is 1. The van der Waals surface area contributed by atoms with Crippen LogP contribution in [0, 0.1) is 21.4 Å². The van der Waals surface area contributed by atoms with Crippen LogP contribution in [0.2, 0.25) is 5.02 Å². The van der Waals surface area contributed by atoms with Gasteiger partial charge < -0.3 is 4.42 Å². The largest absolute Gasteiger partial charge is 0.455 e. The number of nitrogens with zero attached hydrogens (tertiary/aromatic N) is 4. The van der Waals surface area contributed by atoms with Gasteiger partial charge in [0.2, 0.25) is 0 Å². The van der Waals surface area contributed by atoms with Gasteiger partial charge in [-0.2, -0.15) is 5.26 Å². The molecular formula is C26H19ClN4O3S. The van der Waals surface area contributed by atoms with Gasteiger partial charge in [0, 0.05) is 36.1 Å². The van der Waals surface area contributed by atoms with Gasteiger partial charge in [0.05, 0.1) is 16.7 Å². The summed E-state index contributed by atoms with van der Waals surface area (Å²) < 4.78 is 5.82. The average Bonchev–Trinajstić information content (AvgIpc) is 3.47. The summed E-state index contributed by atoms with van der Waals surface area (Å²) >= 11 is 7.44. The normalized spacial score (nSPS) is 13.6. The van der Waals surface area contributed by atoms with E-state index in [0.29, 0.717) is 27.6 Å². The Morgan fingerprint density at radius 1 is 1.23 bits per heavy atom. The van der Waals surface area contributed by atoms with Crippen LogP contribution in [0.15, 0.2) is 70.1 Å². The second kappa shape index (κ2) is 9.84. The van der Waals surface area contributed by atoms with Gasteiger partial charge >= 0.3 is 0 Å². The number of rotatable bonds is 6. The van der Waals surface area contributed by atoms with Crippen molar-refractivity contribution >= 4 is 39.8 Å². The highest BCUT2D eigenvalue weighted by Gasteiger charge is 2.24. The van der Waals surface area contributed by atoms with Crippen LogP contribution in [-0.4, -0.2) is 22.6 Å². The maximum absolute atomic E-state index is 11.2. The first-order chi connectivity index (χ1) is 17.0. The Balaban J connectivity index is 1.34. The minimum atomic E-state index is -0.528. The molecule has 0 amide bonds. The monoisotopic (exact) mass is 502 g/mol. The third kappa shape index (κ3) is 4.88. The van der Waals surface area contributed by atoms with E-state index in [1.807, 2.05) is 18.2 Å². The molecule has 4 aromatic rings. The maximum Gasteiger partial charge on any atom is 0.288 e. The number of nitro groups is 1. The Bertz CT molecular complexity index is 1470. The third-order valence-corrected chi connectivity index (χ3v) is 7.29. The molecule has 35 heavy (non-hydrogen) atoms. The number of benzene rings is 2. The first kappa shape index (κ1) is 23.0. The van der Waals surface area contributed by atoms with Crippen molar-refractivity contribution in [2.45, 2.75) is 19.5 Å². The standard InChI is InChI=1S/C26H19ClN4O3S/c27-22-8-6-18(12-23(22)31(32)33)24-9-7-19(34-24)14-29-26-21(13-28)20-10-11-30(16-25(20)35-26)15-17-4-2-1-3-5-17/h1-9,12,14H,10-11,15-16H2. The quantitative estimate of drug-likeness (QED) is 0.165. The second-order valence-electron chi connectivity index (χ2n) is 8.13. The van der Waals surface area contributed by atoms with Crippen molar-refractivity contribution in [2.24, 2.45) is 4.99 Å². The summed E-state index contributed by atoms with van der Waals surface area (Å²) in [6.45, 7) is 2.56. The molecule has 174 valence electrons. The predicted molar refractivity (Wildman–Crippen MR) is 136 cm³/mol. The van der Waals surface area contributed by atoms with Crippen LogP contribution in [0.1, 0.15) is 27.3 Å². The van der Waals surface area contributed by atoms with E-state index in [1.54, 1.807) is 24.4 Å². The minimum Gasteiger partial charge on any atom is -0.455 e. The van der Waals surface area contributed by atoms with E-state index in [2.05, 4.69) is 28.1 Å². The fraction of sp³-hybridized carbons (Fsp3) is 0.154. The molecule has 2 aromatic heterocycles. The highest BCUT2D eigenvalue weighted by atomic mass is 35.5. The Morgan fingerprint density at radius 2 is 2.06 bits per heavy atom. The van der Waals surface area contributed by atoms with Gasteiger partial charge in [0.15, 0.2) is 0 Å². The fourth-order valence-electron chi connectivity index (χ4n) is 4.13. The summed E-state index contributed by atoms with van der Waals surface area (Å²) in [7, 11) is 0. The molecule has 9 heteroatoms. The molecule has 7 nitrogen and oxygen atoms in total. The van der Waals surface area contributed by atoms with Crippen molar-refractivity contribution in [3.63, 3.8) is 0 Å². The lowest BCUT2D eigenvalue weighted by atomic mass is 10.0. The molecule has 5 rings (SSSR count). The highest BCUT2D eigenvalue weighted by molar-refractivity contribution is 7.16. The molecule has 3 heterocycles. The average molecular weight is 503 g/mol. The summed E-state index contributed by atoms with van der Waals surface area (Å²) in [6.07, 6.45) is 2.39. The Hall–Kier alpha value is -3.77. The van der Waals surface area contributed by atoms with Gasteiger partial charge in [-0.05, 0) is 41.8 Å². The molecule has 2 aromatic carbocycles. The van der Waals surface area contributed by atoms with Gasteiger partial charge in [-0.1, -0.05) is 41.9 Å². The summed E-state index contributed by atoms with van der Waals surface area (Å²) in [5.74, 6) is 0.951. The van der Waals surface area contributed by atoms with Gasteiger partial charge in [-0.25, -0.2) is 4.99 Å². The molecule has 1 aliphatic heterocycles. The van der Waals surface area contributed by atoms with E-state index >= 15 is 0 Å². The number of thiophene rings is 1. The van der Waals surface area contributed by atoms with Crippen LogP contribution in [0.4, 0.5) is 10.7 Å². The van der Waals surface area contributed by atoms with Crippen molar-refractivity contribution in [1.82, 2.24) is 4.90 Å². The molecular weight excluding hydrogens is 484 g/mol. The molecule has 1 aliphatic rings. The molecule has 0 unspecified atom stereocenters. The van der Waals surface area contributed by atoms with Crippen LogP contribution in [0.25, 0.3) is 11.3 Å². The maximum atomic E-state index is 11.2. The first-order valence-electron chi connectivity index (χ1n) is 10.9. The van der Waals surface area contributed by atoms with E-state index in [1.165, 1.54) is 33.9 Å². The summed E-state index contributed by atoms with van der Waals surface area (Å²) in [5.41, 5.74) is 3.35. The fourth-order valence-corrected chi connectivity index (χ4v) is 5.50. The first-order valence-corrected chi connectivity index (χ1v) is 12.1. The van der Waals surface area contributed by atoms with Gasteiger partial charge in [-0.15, -0.1) is 11.3 Å². The molecule has 0 bridgehead atoms. The number of furan rings is 1. The molecule has 0 atom stereocenters. The molecule has 0 spiro atoms. The second-order valence-corrected chi connectivity index (χ2v) is 9.62. The molecule has 0 saturated carbocycles. The van der Waals surface area contributed by atoms with Crippen LogP contribution >= 0.6 is 22.9 Å². The molecule has 0 N–H and O–H groups in total. The number of halogens is 1. The van der Waals surface area contributed by atoms with Crippen molar-refractivity contribution in [2.75, 3.05) is 6.54 Å². The molecule has 0 fully saturated rings. The minimum absolute atomic E-state index is 0.0696. The number of nitriles is 1. The number of aliphatic imine (C=N–C) groups is 1. The molecule has 0 saturated heterocycles. The third-order valence-electron chi connectivity index (χ3n) is 5.84. The Labute approximate surface area is 210 Å². The van der Waals surface area contributed by atoms with E-state index in [-0.39, 0.29) is 10.7 Å². The number of hydrogen-bond donors (Lipinski definition) is 0. The van der Waals surface area contributed by atoms with Crippen molar-refractivity contribution in [3.05, 3.63) is 103 Å².